The summed E-state index contributed by atoms with van der Waals surface area (Å²) in [6.45, 7) is 0. The van der Waals surface area contributed by atoms with Crippen molar-refractivity contribution in [2.45, 2.75) is 62.5 Å². The highest BCUT2D eigenvalue weighted by molar-refractivity contribution is 5.66. The minimum atomic E-state index is -1.15. The Morgan fingerprint density at radius 3 is 2.58 bits per heavy atom. The molecule has 4 aromatic rings. The predicted octanol–water partition coefficient (Wildman–Crippen LogP) is 5.17. The molecule has 2 aliphatic carbocycles. The zero-order valence-electron chi connectivity index (χ0n) is 19.8. The summed E-state index contributed by atoms with van der Waals surface area (Å²) in [5.74, 6) is -0.770. The lowest BCUT2D eigenvalue weighted by atomic mass is 9.75. The van der Waals surface area contributed by atoms with Gasteiger partial charge in [-0.15, -0.1) is 0 Å². The van der Waals surface area contributed by atoms with Crippen LogP contribution < -0.4 is 11.1 Å². The Morgan fingerprint density at radius 2 is 1.86 bits per heavy atom. The topological polar surface area (TPSA) is 101 Å². The molecule has 2 aliphatic rings. The molecule has 2 fully saturated rings. The number of aliphatic hydroxyl groups is 1. The molecule has 0 spiro atoms. The van der Waals surface area contributed by atoms with Gasteiger partial charge in [0.25, 0.3) is 0 Å². The van der Waals surface area contributed by atoms with Crippen molar-refractivity contribution in [1.82, 2.24) is 19.6 Å². The molecule has 0 saturated heterocycles. The number of nitrogens with two attached hydrogens (primary N) is 1. The molecule has 0 bridgehead atoms. The third-order valence-corrected chi connectivity index (χ3v) is 7.66. The first-order valence-electron chi connectivity index (χ1n) is 12.4. The number of hydrogen-bond acceptors (Lipinski definition) is 6. The zero-order chi connectivity index (χ0) is 24.9. The monoisotopic (exact) mass is 490 g/mol. The SMILES string of the molecule is NC1CCCC(c2ccncc2Nc2ncc3ccc(-c4c(F)cc(C5(O)CCC5)cc4F)nn23)C1. The van der Waals surface area contributed by atoms with E-state index >= 15 is 8.78 Å². The molecule has 3 aromatic heterocycles. The maximum atomic E-state index is 15.1. The minimum absolute atomic E-state index is 0.135. The van der Waals surface area contributed by atoms with Gasteiger partial charge in [-0.2, -0.15) is 9.61 Å². The van der Waals surface area contributed by atoms with Gasteiger partial charge in [0.05, 0.1) is 40.5 Å². The second kappa shape index (κ2) is 8.90. The molecule has 0 aliphatic heterocycles. The standard InChI is InChI=1S/C27H28F2N6O/c28-21-12-17(27(36)8-2-9-27)13-22(29)25(21)23-6-5-19-14-32-26(35(19)34-23)33-24-15-31-10-7-20(24)16-3-1-4-18(30)11-16/h5-7,10,12-16,18,36H,1-4,8-9,11,30H2,(H,32,33). The number of fused-ring (bicyclic) bond motifs is 1. The van der Waals surface area contributed by atoms with E-state index in [0.29, 0.717) is 30.2 Å². The van der Waals surface area contributed by atoms with Gasteiger partial charge in [-0.05, 0) is 85.9 Å². The van der Waals surface area contributed by atoms with Crippen LogP contribution in [0.3, 0.4) is 0 Å². The fraction of sp³-hybridized carbons (Fsp3) is 0.370. The number of nitrogens with zero attached hydrogens (tertiary/aromatic N) is 4. The quantitative estimate of drug-likeness (QED) is 0.357. The lowest BCUT2D eigenvalue weighted by Gasteiger charge is -2.37. The van der Waals surface area contributed by atoms with E-state index < -0.39 is 17.2 Å². The number of anilines is 2. The maximum absolute atomic E-state index is 15.1. The van der Waals surface area contributed by atoms with Crippen LogP contribution in [0.15, 0.2) is 48.9 Å². The summed E-state index contributed by atoms with van der Waals surface area (Å²) in [5.41, 5.74) is 7.85. The van der Waals surface area contributed by atoms with E-state index in [1.807, 2.05) is 6.07 Å². The van der Waals surface area contributed by atoms with Crippen molar-refractivity contribution >= 4 is 17.2 Å². The number of rotatable bonds is 5. The van der Waals surface area contributed by atoms with Crippen molar-refractivity contribution in [3.63, 3.8) is 0 Å². The van der Waals surface area contributed by atoms with E-state index in [-0.39, 0.29) is 22.9 Å². The van der Waals surface area contributed by atoms with Crippen LogP contribution in [0.2, 0.25) is 0 Å². The van der Waals surface area contributed by atoms with Gasteiger partial charge in [-0.1, -0.05) is 6.42 Å². The number of imidazole rings is 1. The lowest BCUT2D eigenvalue weighted by Crippen LogP contribution is -2.33. The molecule has 2 atom stereocenters. The van der Waals surface area contributed by atoms with Gasteiger partial charge >= 0.3 is 0 Å². The van der Waals surface area contributed by atoms with Crippen molar-refractivity contribution in [2.75, 3.05) is 5.32 Å². The van der Waals surface area contributed by atoms with Crippen molar-refractivity contribution in [2.24, 2.45) is 5.73 Å². The van der Waals surface area contributed by atoms with E-state index in [1.54, 1.807) is 30.7 Å². The van der Waals surface area contributed by atoms with Crippen molar-refractivity contribution in [1.29, 1.82) is 0 Å². The number of benzene rings is 1. The van der Waals surface area contributed by atoms with Gasteiger partial charge in [0, 0.05) is 12.2 Å². The molecule has 4 N–H and O–H groups in total. The molecule has 186 valence electrons. The number of pyridine rings is 1. The van der Waals surface area contributed by atoms with Crippen LogP contribution in [0, 0.1) is 11.6 Å². The summed E-state index contributed by atoms with van der Waals surface area (Å²) in [4.78, 5) is 8.73. The average Bonchev–Trinajstić information content (AvgIpc) is 3.24. The van der Waals surface area contributed by atoms with Gasteiger partial charge in [0.15, 0.2) is 0 Å². The van der Waals surface area contributed by atoms with Gasteiger partial charge in [0.2, 0.25) is 5.95 Å². The Labute approximate surface area is 207 Å². The molecule has 6 rings (SSSR count). The number of halogens is 2. The molecule has 9 heteroatoms. The molecule has 2 saturated carbocycles. The van der Waals surface area contributed by atoms with E-state index in [0.717, 1.165) is 43.4 Å². The number of aromatic nitrogens is 4. The minimum Gasteiger partial charge on any atom is -0.385 e. The molecule has 36 heavy (non-hydrogen) atoms. The Balaban J connectivity index is 1.35. The van der Waals surface area contributed by atoms with E-state index in [4.69, 9.17) is 5.73 Å². The third-order valence-electron chi connectivity index (χ3n) is 7.66. The van der Waals surface area contributed by atoms with Crippen LogP contribution in [0.1, 0.15) is 62.0 Å². The van der Waals surface area contributed by atoms with E-state index in [2.05, 4.69) is 20.4 Å². The van der Waals surface area contributed by atoms with Gasteiger partial charge in [-0.25, -0.2) is 13.8 Å². The van der Waals surface area contributed by atoms with Crippen LogP contribution in [-0.2, 0) is 5.60 Å². The highest BCUT2D eigenvalue weighted by Crippen LogP contribution is 2.42. The molecule has 0 radical (unpaired) electrons. The summed E-state index contributed by atoms with van der Waals surface area (Å²) >= 11 is 0. The molecule has 7 nitrogen and oxygen atoms in total. The van der Waals surface area contributed by atoms with Gasteiger partial charge in [0.1, 0.15) is 11.6 Å². The number of hydrogen-bond donors (Lipinski definition) is 3. The van der Waals surface area contributed by atoms with E-state index in [1.165, 1.54) is 16.6 Å². The Bertz CT molecular complexity index is 1410. The van der Waals surface area contributed by atoms with Crippen LogP contribution in [0.5, 0.6) is 0 Å². The summed E-state index contributed by atoms with van der Waals surface area (Å²) in [5, 5.41) is 18.4. The van der Waals surface area contributed by atoms with Crippen LogP contribution in [0.25, 0.3) is 16.8 Å². The smallest absolute Gasteiger partial charge is 0.229 e. The van der Waals surface area contributed by atoms with Crippen molar-refractivity contribution < 1.29 is 13.9 Å². The molecule has 1 aromatic carbocycles. The Kier molecular flexibility index (Phi) is 5.69. The van der Waals surface area contributed by atoms with Gasteiger partial charge in [-0.3, -0.25) is 4.98 Å². The molecular formula is C27H28F2N6O. The zero-order valence-corrected chi connectivity index (χ0v) is 19.8. The highest BCUT2D eigenvalue weighted by atomic mass is 19.1. The fourth-order valence-corrected chi connectivity index (χ4v) is 5.48. The highest BCUT2D eigenvalue weighted by Gasteiger charge is 2.37. The van der Waals surface area contributed by atoms with Crippen molar-refractivity contribution in [3.8, 4) is 11.3 Å². The third kappa shape index (κ3) is 4.02. The normalized spacial score (nSPS) is 21.3. The second-order valence-electron chi connectivity index (χ2n) is 10.0. The first kappa shape index (κ1) is 23.0. The van der Waals surface area contributed by atoms with Crippen LogP contribution in [0.4, 0.5) is 20.4 Å². The second-order valence-corrected chi connectivity index (χ2v) is 10.0. The molecule has 0 amide bonds. The fourth-order valence-electron chi connectivity index (χ4n) is 5.48. The molecular weight excluding hydrogens is 462 g/mol. The predicted molar refractivity (Wildman–Crippen MR) is 133 cm³/mol. The Hall–Kier alpha value is -3.43. The largest absolute Gasteiger partial charge is 0.385 e. The van der Waals surface area contributed by atoms with Crippen LogP contribution in [-0.4, -0.2) is 30.7 Å². The summed E-state index contributed by atoms with van der Waals surface area (Å²) in [6.07, 6.45) is 11.1. The maximum Gasteiger partial charge on any atom is 0.229 e. The summed E-state index contributed by atoms with van der Waals surface area (Å²) < 4.78 is 31.7. The Morgan fingerprint density at radius 1 is 1.06 bits per heavy atom. The van der Waals surface area contributed by atoms with Crippen molar-refractivity contribution in [3.05, 3.63) is 71.7 Å². The van der Waals surface area contributed by atoms with E-state index in [9.17, 15) is 5.11 Å². The van der Waals surface area contributed by atoms with Gasteiger partial charge < -0.3 is 16.2 Å². The number of nitrogens with one attached hydrogen (secondary N) is 1. The summed E-state index contributed by atoms with van der Waals surface area (Å²) in [7, 11) is 0. The lowest BCUT2D eigenvalue weighted by molar-refractivity contribution is -0.0392. The molecule has 3 heterocycles. The summed E-state index contributed by atoms with van der Waals surface area (Å²) in [6, 6.07) is 7.90. The van der Waals surface area contributed by atoms with Crippen LogP contribution >= 0.6 is 0 Å². The molecule has 2 unspecified atom stereocenters. The average molecular weight is 491 g/mol. The first-order valence-corrected chi connectivity index (χ1v) is 12.4. The first-order chi connectivity index (χ1) is 17.4.